The van der Waals surface area contributed by atoms with Gasteiger partial charge in [-0.2, -0.15) is 0 Å². The molecule has 3 nitrogen and oxygen atoms in total. The van der Waals surface area contributed by atoms with Crippen molar-refractivity contribution < 1.29 is 4.79 Å². The van der Waals surface area contributed by atoms with Crippen molar-refractivity contribution in [3.8, 4) is 0 Å². The minimum absolute atomic E-state index is 0.461. The lowest BCUT2D eigenvalue weighted by atomic mass is 9.57. The molecule has 4 rings (SSSR count). The summed E-state index contributed by atoms with van der Waals surface area (Å²) in [5, 5.41) is 1.21. The van der Waals surface area contributed by atoms with Crippen LogP contribution in [-0.4, -0.2) is 29.4 Å². The number of likely N-dealkylation sites (tertiary alicyclic amines) is 1. The van der Waals surface area contributed by atoms with Crippen LogP contribution in [0, 0.1) is 11.3 Å². The normalized spacial score (nSPS) is 20.7. The molecule has 102 valence electrons. The summed E-state index contributed by atoms with van der Waals surface area (Å²) in [6, 6.07) is 12.6. The molecule has 2 fully saturated rings. The second-order valence-electron chi connectivity index (χ2n) is 6.48. The second kappa shape index (κ2) is 4.30. The van der Waals surface area contributed by atoms with Gasteiger partial charge in [0.25, 0.3) is 0 Å². The van der Waals surface area contributed by atoms with E-state index in [1.54, 1.807) is 0 Å². The van der Waals surface area contributed by atoms with Crippen molar-refractivity contribution in [3.63, 3.8) is 0 Å². The SMILES string of the molecule is O=CN1CC2(CC(Cc3ccc4ccccc4n3)C2)C1. The van der Waals surface area contributed by atoms with Crippen molar-refractivity contribution in [2.45, 2.75) is 19.3 Å². The Hall–Kier alpha value is -1.90. The summed E-state index contributed by atoms with van der Waals surface area (Å²) in [6.07, 6.45) is 4.56. The number of hydrogen-bond acceptors (Lipinski definition) is 2. The van der Waals surface area contributed by atoms with Crippen LogP contribution in [0.15, 0.2) is 36.4 Å². The summed E-state index contributed by atoms with van der Waals surface area (Å²) in [7, 11) is 0. The number of amides is 1. The van der Waals surface area contributed by atoms with E-state index < -0.39 is 0 Å². The molecule has 1 aliphatic carbocycles. The van der Waals surface area contributed by atoms with Crippen molar-refractivity contribution in [2.24, 2.45) is 11.3 Å². The molecule has 1 saturated carbocycles. The van der Waals surface area contributed by atoms with Crippen LogP contribution in [-0.2, 0) is 11.2 Å². The summed E-state index contributed by atoms with van der Waals surface area (Å²) in [5.41, 5.74) is 2.76. The fourth-order valence-electron chi connectivity index (χ4n) is 3.98. The van der Waals surface area contributed by atoms with Gasteiger partial charge in [0, 0.05) is 29.6 Å². The number of para-hydroxylation sites is 1. The first-order valence-corrected chi connectivity index (χ1v) is 7.30. The molecular weight excluding hydrogens is 248 g/mol. The maximum atomic E-state index is 10.6. The highest BCUT2D eigenvalue weighted by Gasteiger charge is 2.51. The van der Waals surface area contributed by atoms with Crippen LogP contribution in [0.4, 0.5) is 0 Å². The number of hydrogen-bond donors (Lipinski definition) is 0. The van der Waals surface area contributed by atoms with E-state index in [2.05, 4.69) is 30.3 Å². The highest BCUT2D eigenvalue weighted by Crippen LogP contribution is 2.52. The summed E-state index contributed by atoms with van der Waals surface area (Å²) in [5.74, 6) is 0.748. The van der Waals surface area contributed by atoms with Gasteiger partial charge in [0.2, 0.25) is 6.41 Å². The lowest BCUT2D eigenvalue weighted by Crippen LogP contribution is -2.61. The van der Waals surface area contributed by atoms with Gasteiger partial charge in [-0.15, -0.1) is 0 Å². The third-order valence-corrected chi connectivity index (χ3v) is 4.82. The van der Waals surface area contributed by atoms with Crippen LogP contribution in [0.25, 0.3) is 10.9 Å². The Morgan fingerprint density at radius 1 is 1.20 bits per heavy atom. The Morgan fingerprint density at radius 2 is 2.00 bits per heavy atom. The van der Waals surface area contributed by atoms with E-state index in [4.69, 9.17) is 4.98 Å². The fraction of sp³-hybridized carbons (Fsp3) is 0.412. The molecule has 0 N–H and O–H groups in total. The van der Waals surface area contributed by atoms with E-state index >= 15 is 0 Å². The first-order chi connectivity index (χ1) is 9.76. The molecule has 2 heterocycles. The largest absolute Gasteiger partial charge is 0.344 e. The number of fused-ring (bicyclic) bond motifs is 1. The Kier molecular flexibility index (Phi) is 2.56. The number of carbonyl (C=O) groups is 1. The fourth-order valence-corrected chi connectivity index (χ4v) is 3.98. The highest BCUT2D eigenvalue weighted by molar-refractivity contribution is 5.78. The van der Waals surface area contributed by atoms with E-state index in [0.29, 0.717) is 5.41 Å². The van der Waals surface area contributed by atoms with Crippen molar-refractivity contribution in [3.05, 3.63) is 42.1 Å². The predicted molar refractivity (Wildman–Crippen MR) is 78.2 cm³/mol. The minimum Gasteiger partial charge on any atom is -0.344 e. The van der Waals surface area contributed by atoms with Gasteiger partial charge < -0.3 is 4.90 Å². The lowest BCUT2D eigenvalue weighted by molar-refractivity contribution is -0.141. The molecule has 2 aliphatic rings. The molecule has 3 heteroatoms. The first kappa shape index (κ1) is 11.9. The average molecular weight is 266 g/mol. The zero-order valence-electron chi connectivity index (χ0n) is 11.5. The van der Waals surface area contributed by atoms with Gasteiger partial charge in [-0.3, -0.25) is 9.78 Å². The van der Waals surface area contributed by atoms with Gasteiger partial charge in [-0.25, -0.2) is 0 Å². The Morgan fingerprint density at radius 3 is 2.80 bits per heavy atom. The summed E-state index contributed by atoms with van der Waals surface area (Å²) >= 11 is 0. The molecule has 0 atom stereocenters. The average Bonchev–Trinajstić information content (AvgIpc) is 2.40. The predicted octanol–water partition coefficient (Wildman–Crippen LogP) is 2.65. The maximum Gasteiger partial charge on any atom is 0.209 e. The minimum atomic E-state index is 0.461. The molecule has 0 radical (unpaired) electrons. The van der Waals surface area contributed by atoms with E-state index in [0.717, 1.165) is 37.4 Å². The van der Waals surface area contributed by atoms with Gasteiger partial charge in [0.05, 0.1) is 5.52 Å². The zero-order valence-corrected chi connectivity index (χ0v) is 11.5. The van der Waals surface area contributed by atoms with Crippen LogP contribution in [0.2, 0.25) is 0 Å². The zero-order chi connectivity index (χ0) is 13.6. The molecule has 0 unspecified atom stereocenters. The molecule has 1 spiro atoms. The summed E-state index contributed by atoms with van der Waals surface area (Å²) in [4.78, 5) is 17.3. The van der Waals surface area contributed by atoms with Gasteiger partial charge in [-0.05, 0) is 37.3 Å². The van der Waals surface area contributed by atoms with Crippen molar-refractivity contribution in [1.29, 1.82) is 0 Å². The van der Waals surface area contributed by atoms with Crippen LogP contribution in [0.5, 0.6) is 0 Å². The quantitative estimate of drug-likeness (QED) is 0.800. The third-order valence-electron chi connectivity index (χ3n) is 4.82. The number of rotatable bonds is 3. The number of pyridine rings is 1. The standard InChI is InChI=1S/C17H18N2O/c20-12-19-10-17(11-19)8-13(9-17)7-15-6-5-14-3-1-2-4-16(14)18-15/h1-6,12-13H,7-11H2. The lowest BCUT2D eigenvalue weighted by Gasteiger charge is -2.58. The van der Waals surface area contributed by atoms with Crippen LogP contribution in [0.1, 0.15) is 18.5 Å². The Labute approximate surface area is 118 Å². The van der Waals surface area contributed by atoms with Crippen molar-refractivity contribution >= 4 is 17.3 Å². The smallest absolute Gasteiger partial charge is 0.209 e. The maximum absolute atomic E-state index is 10.6. The third kappa shape index (κ3) is 1.89. The number of benzene rings is 1. The molecule has 1 amide bonds. The number of carbonyl (C=O) groups excluding carboxylic acids is 1. The van der Waals surface area contributed by atoms with Crippen molar-refractivity contribution in [2.75, 3.05) is 13.1 Å². The number of nitrogens with zero attached hydrogens (tertiary/aromatic N) is 2. The summed E-state index contributed by atoms with van der Waals surface area (Å²) in [6.45, 7) is 1.94. The van der Waals surface area contributed by atoms with Crippen LogP contribution >= 0.6 is 0 Å². The molecule has 20 heavy (non-hydrogen) atoms. The summed E-state index contributed by atoms with van der Waals surface area (Å²) < 4.78 is 0. The van der Waals surface area contributed by atoms with Crippen LogP contribution in [0.3, 0.4) is 0 Å². The molecule has 1 aliphatic heterocycles. The van der Waals surface area contributed by atoms with Gasteiger partial charge in [0.1, 0.15) is 0 Å². The number of aromatic nitrogens is 1. The molecule has 1 aromatic carbocycles. The van der Waals surface area contributed by atoms with Gasteiger partial charge >= 0.3 is 0 Å². The Bertz CT molecular complexity index is 653. The molecule has 1 saturated heterocycles. The van der Waals surface area contributed by atoms with E-state index in [1.807, 2.05) is 11.0 Å². The molecule has 0 bridgehead atoms. The van der Waals surface area contributed by atoms with Gasteiger partial charge in [0.15, 0.2) is 0 Å². The monoisotopic (exact) mass is 266 g/mol. The first-order valence-electron chi connectivity index (χ1n) is 7.30. The Balaban J connectivity index is 1.41. The highest BCUT2D eigenvalue weighted by atomic mass is 16.1. The van der Waals surface area contributed by atoms with Gasteiger partial charge in [-0.1, -0.05) is 24.3 Å². The van der Waals surface area contributed by atoms with Crippen molar-refractivity contribution in [1.82, 2.24) is 9.88 Å². The van der Waals surface area contributed by atoms with E-state index in [-0.39, 0.29) is 0 Å². The van der Waals surface area contributed by atoms with E-state index in [1.165, 1.54) is 23.9 Å². The molecule has 2 aromatic rings. The molecular formula is C17H18N2O. The second-order valence-corrected chi connectivity index (χ2v) is 6.48. The van der Waals surface area contributed by atoms with Crippen LogP contribution < -0.4 is 0 Å². The molecule has 1 aromatic heterocycles. The van der Waals surface area contributed by atoms with E-state index in [9.17, 15) is 4.79 Å². The topological polar surface area (TPSA) is 33.2 Å².